The second-order valence-electron chi connectivity index (χ2n) is 6.59. The average molecular weight is 383 g/mol. The molecule has 0 saturated carbocycles. The Kier molecular flexibility index (Phi) is 5.31. The number of nitrogens with one attached hydrogen (secondary N) is 3. The van der Waals surface area contributed by atoms with Crippen LogP contribution in [-0.2, 0) is 4.74 Å². The van der Waals surface area contributed by atoms with Gasteiger partial charge in [0.25, 0.3) is 5.69 Å². The number of morpholine rings is 1. The fraction of sp³-hybridized carbons (Fsp3) is 0.333. The zero-order valence-corrected chi connectivity index (χ0v) is 15.2. The zero-order valence-electron chi connectivity index (χ0n) is 15.2. The van der Waals surface area contributed by atoms with Gasteiger partial charge in [-0.05, 0) is 24.3 Å². The molecule has 10 heteroatoms. The Bertz CT molecular complexity index is 938. The summed E-state index contributed by atoms with van der Waals surface area (Å²) in [5.41, 5.74) is 1.88. The first-order chi connectivity index (χ1) is 13.7. The summed E-state index contributed by atoms with van der Waals surface area (Å²) in [5.74, 6) is 0.570. The van der Waals surface area contributed by atoms with E-state index in [1.54, 1.807) is 12.3 Å². The number of fused-ring (bicyclic) bond motifs is 1. The van der Waals surface area contributed by atoms with Crippen molar-refractivity contribution in [2.24, 2.45) is 0 Å². The monoisotopic (exact) mass is 383 g/mol. The van der Waals surface area contributed by atoms with Crippen LogP contribution in [0.1, 0.15) is 0 Å². The Labute approximate surface area is 161 Å². The number of hydrogen-bond acceptors (Lipinski definition) is 8. The molecule has 1 aliphatic rings. The number of hydrogen-bond donors (Lipinski definition) is 3. The number of nitrogens with zero attached hydrogens (tertiary/aromatic N) is 4. The quantitative estimate of drug-likeness (QED) is 0.322. The Hall–Kier alpha value is -3.24. The molecule has 1 aromatic carbocycles. The lowest BCUT2D eigenvalue weighted by atomic mass is 10.2. The highest BCUT2D eigenvalue weighted by atomic mass is 16.6. The molecule has 1 atom stereocenters. The summed E-state index contributed by atoms with van der Waals surface area (Å²) in [6.07, 6.45) is 2.89. The van der Waals surface area contributed by atoms with Crippen LogP contribution in [0.4, 0.5) is 17.2 Å². The van der Waals surface area contributed by atoms with E-state index < -0.39 is 4.92 Å². The summed E-state index contributed by atoms with van der Waals surface area (Å²) in [5, 5.41) is 25.7. The molecule has 146 valence electrons. The van der Waals surface area contributed by atoms with Crippen molar-refractivity contribution in [3.8, 4) is 0 Å². The molecule has 4 rings (SSSR count). The molecule has 1 unspecified atom stereocenters. The summed E-state index contributed by atoms with van der Waals surface area (Å²) >= 11 is 0. The lowest BCUT2D eigenvalue weighted by Crippen LogP contribution is -2.46. The number of nitro groups is 1. The first-order valence-corrected chi connectivity index (χ1v) is 9.04. The lowest BCUT2D eigenvalue weighted by Gasteiger charge is -2.31. The highest BCUT2D eigenvalue weighted by Crippen LogP contribution is 2.19. The van der Waals surface area contributed by atoms with E-state index in [9.17, 15) is 10.1 Å². The maximum absolute atomic E-state index is 10.8. The van der Waals surface area contributed by atoms with Gasteiger partial charge in [-0.15, -0.1) is 0 Å². The van der Waals surface area contributed by atoms with Crippen LogP contribution in [0.2, 0.25) is 0 Å². The third kappa shape index (κ3) is 4.35. The molecule has 0 spiro atoms. The number of aromatic amines is 1. The van der Waals surface area contributed by atoms with Crippen LogP contribution < -0.4 is 10.6 Å². The van der Waals surface area contributed by atoms with Gasteiger partial charge < -0.3 is 15.4 Å². The number of H-pyrrole nitrogens is 1. The Balaban J connectivity index is 1.50. The second kappa shape index (κ2) is 8.19. The maximum Gasteiger partial charge on any atom is 0.287 e. The van der Waals surface area contributed by atoms with E-state index in [0.29, 0.717) is 19.0 Å². The number of rotatable bonds is 7. The Morgan fingerprint density at radius 3 is 2.82 bits per heavy atom. The number of pyridine rings is 1. The van der Waals surface area contributed by atoms with E-state index in [4.69, 9.17) is 4.74 Å². The van der Waals surface area contributed by atoms with Crippen LogP contribution in [0.5, 0.6) is 0 Å². The van der Waals surface area contributed by atoms with Gasteiger partial charge in [-0.1, -0.05) is 0 Å². The minimum Gasteiger partial charge on any atom is -0.379 e. The van der Waals surface area contributed by atoms with Gasteiger partial charge in [0.15, 0.2) is 0 Å². The topological polar surface area (TPSA) is 121 Å². The van der Waals surface area contributed by atoms with Crippen LogP contribution in [0.15, 0.2) is 42.7 Å². The van der Waals surface area contributed by atoms with Crippen molar-refractivity contribution in [3.63, 3.8) is 0 Å². The molecule has 3 N–H and O–H groups in total. The zero-order chi connectivity index (χ0) is 19.3. The fourth-order valence-electron chi connectivity index (χ4n) is 3.16. The molecule has 0 amide bonds. The van der Waals surface area contributed by atoms with Gasteiger partial charge in [0.05, 0.1) is 29.9 Å². The molecule has 1 fully saturated rings. The van der Waals surface area contributed by atoms with Crippen LogP contribution in [0, 0.1) is 10.1 Å². The van der Waals surface area contributed by atoms with Gasteiger partial charge >= 0.3 is 0 Å². The Morgan fingerprint density at radius 1 is 1.21 bits per heavy atom. The predicted octanol–water partition coefficient (Wildman–Crippen LogP) is 2.05. The van der Waals surface area contributed by atoms with Crippen LogP contribution >= 0.6 is 0 Å². The minimum absolute atomic E-state index is 0.0337. The number of aromatic nitrogens is 3. The van der Waals surface area contributed by atoms with Crippen molar-refractivity contribution >= 4 is 28.1 Å². The van der Waals surface area contributed by atoms with Crippen molar-refractivity contribution in [2.45, 2.75) is 6.17 Å². The highest BCUT2D eigenvalue weighted by molar-refractivity contribution is 5.81. The molecule has 3 heterocycles. The molecule has 3 aromatic rings. The first-order valence-electron chi connectivity index (χ1n) is 9.04. The van der Waals surface area contributed by atoms with Crippen LogP contribution in [0.25, 0.3) is 10.9 Å². The minimum atomic E-state index is -0.458. The van der Waals surface area contributed by atoms with Crippen molar-refractivity contribution in [2.75, 3.05) is 43.5 Å². The van der Waals surface area contributed by atoms with E-state index >= 15 is 0 Å². The molecule has 0 bridgehead atoms. The van der Waals surface area contributed by atoms with Gasteiger partial charge in [-0.2, -0.15) is 5.10 Å². The predicted molar refractivity (Wildman–Crippen MR) is 105 cm³/mol. The third-order valence-electron chi connectivity index (χ3n) is 4.61. The smallest absolute Gasteiger partial charge is 0.287 e. The van der Waals surface area contributed by atoms with Crippen molar-refractivity contribution in [3.05, 3.63) is 52.8 Å². The Morgan fingerprint density at radius 2 is 2.07 bits per heavy atom. The van der Waals surface area contributed by atoms with E-state index in [0.717, 1.165) is 36.2 Å². The maximum atomic E-state index is 10.8. The summed E-state index contributed by atoms with van der Waals surface area (Å²) in [7, 11) is 0. The van der Waals surface area contributed by atoms with Gasteiger partial charge in [-0.25, -0.2) is 4.98 Å². The fourth-order valence-corrected chi connectivity index (χ4v) is 3.16. The summed E-state index contributed by atoms with van der Waals surface area (Å²) in [4.78, 5) is 16.8. The molecule has 1 aliphatic heterocycles. The molecule has 28 heavy (non-hydrogen) atoms. The van der Waals surface area contributed by atoms with Crippen molar-refractivity contribution in [1.29, 1.82) is 0 Å². The van der Waals surface area contributed by atoms with Crippen LogP contribution in [-0.4, -0.2) is 64.0 Å². The number of ether oxygens (including phenoxy) is 1. The first kappa shape index (κ1) is 18.1. The molecule has 1 saturated heterocycles. The largest absolute Gasteiger partial charge is 0.379 e. The van der Waals surface area contributed by atoms with Crippen molar-refractivity contribution < 1.29 is 9.66 Å². The van der Waals surface area contributed by atoms with Crippen molar-refractivity contribution in [1.82, 2.24) is 20.1 Å². The highest BCUT2D eigenvalue weighted by Gasteiger charge is 2.18. The van der Waals surface area contributed by atoms with Crippen LogP contribution in [0.3, 0.4) is 0 Å². The van der Waals surface area contributed by atoms with E-state index in [-0.39, 0.29) is 11.9 Å². The average Bonchev–Trinajstić information content (AvgIpc) is 3.17. The number of benzene rings is 1. The van der Waals surface area contributed by atoms with Gasteiger partial charge in [-0.3, -0.25) is 20.1 Å². The van der Waals surface area contributed by atoms with E-state index in [2.05, 4.69) is 30.7 Å². The summed E-state index contributed by atoms with van der Waals surface area (Å²) in [6.45, 7) is 3.86. The molecule has 0 aliphatic carbocycles. The summed E-state index contributed by atoms with van der Waals surface area (Å²) in [6, 6.07) is 9.04. The van der Waals surface area contributed by atoms with E-state index in [1.807, 2.05) is 18.2 Å². The summed E-state index contributed by atoms with van der Waals surface area (Å²) < 4.78 is 5.42. The molecule has 2 aromatic heterocycles. The third-order valence-corrected chi connectivity index (χ3v) is 4.61. The molecule has 0 radical (unpaired) electrons. The standard InChI is InChI=1S/C18H21N7O3/c26-25(27)15-2-4-17(19-11-15)22-18(12-24-5-7-28-8-6-24)21-14-1-3-16-13(9-14)10-20-23-16/h1-4,9-11,18,21H,5-8,12H2,(H,19,22)(H,20,23). The normalized spacial score (nSPS) is 16.0. The van der Waals surface area contributed by atoms with E-state index in [1.165, 1.54) is 12.3 Å². The molecule has 10 nitrogen and oxygen atoms in total. The van der Waals surface area contributed by atoms with Gasteiger partial charge in [0.1, 0.15) is 18.2 Å². The molecular formula is C18H21N7O3. The molecular weight excluding hydrogens is 362 g/mol. The SMILES string of the molecule is O=[N+]([O-])c1ccc(NC(CN2CCOCC2)Nc2ccc3[nH]ncc3c2)nc1. The number of anilines is 2. The van der Waals surface area contributed by atoms with Gasteiger partial charge in [0.2, 0.25) is 0 Å². The van der Waals surface area contributed by atoms with Gasteiger partial charge in [0, 0.05) is 36.8 Å². The second-order valence-corrected chi connectivity index (χ2v) is 6.59. The lowest BCUT2D eigenvalue weighted by molar-refractivity contribution is -0.385.